The zero-order chi connectivity index (χ0) is 16.6. The third kappa shape index (κ3) is 3.04. The number of amides is 1. The number of fused-ring (bicyclic) bond motifs is 2. The highest BCUT2D eigenvalue weighted by molar-refractivity contribution is 5.77. The van der Waals surface area contributed by atoms with Crippen LogP contribution in [0.2, 0.25) is 0 Å². The van der Waals surface area contributed by atoms with Crippen molar-refractivity contribution in [3.05, 3.63) is 17.5 Å². The maximum Gasteiger partial charge on any atom is 0.225 e. The lowest BCUT2D eigenvalue weighted by Gasteiger charge is -2.34. The number of aromatic nitrogens is 2. The number of carbonyl (C=O) groups is 1. The molecule has 6 nitrogen and oxygen atoms in total. The van der Waals surface area contributed by atoms with E-state index in [9.17, 15) is 4.79 Å². The molecule has 0 radical (unpaired) electrons. The SMILES string of the molecule is CC(C)CC(=O)N1CCC2(COCc3cnc(N(C)C)nc32)C1. The van der Waals surface area contributed by atoms with Crippen LogP contribution >= 0.6 is 0 Å². The minimum Gasteiger partial charge on any atom is -0.376 e. The smallest absolute Gasteiger partial charge is 0.225 e. The molecule has 1 fully saturated rings. The van der Waals surface area contributed by atoms with Crippen LogP contribution in [0.3, 0.4) is 0 Å². The van der Waals surface area contributed by atoms with Crippen LogP contribution in [-0.4, -0.2) is 54.6 Å². The van der Waals surface area contributed by atoms with Crippen LogP contribution in [0.15, 0.2) is 6.20 Å². The fourth-order valence-corrected chi connectivity index (χ4v) is 3.48. The molecule has 1 unspecified atom stereocenters. The number of anilines is 1. The minimum atomic E-state index is -0.173. The maximum absolute atomic E-state index is 12.4. The van der Waals surface area contributed by atoms with Crippen LogP contribution < -0.4 is 4.90 Å². The van der Waals surface area contributed by atoms with E-state index in [1.165, 1.54) is 0 Å². The van der Waals surface area contributed by atoms with Crippen LogP contribution in [0, 0.1) is 5.92 Å². The quantitative estimate of drug-likeness (QED) is 0.847. The minimum absolute atomic E-state index is 0.173. The number of carbonyl (C=O) groups excluding carboxylic acids is 1. The lowest BCUT2D eigenvalue weighted by molar-refractivity contribution is -0.131. The van der Waals surface area contributed by atoms with E-state index in [1.54, 1.807) is 0 Å². The van der Waals surface area contributed by atoms with E-state index in [1.807, 2.05) is 30.1 Å². The molecule has 0 saturated carbocycles. The Morgan fingerprint density at radius 3 is 2.96 bits per heavy atom. The van der Waals surface area contributed by atoms with E-state index in [-0.39, 0.29) is 11.3 Å². The summed E-state index contributed by atoms with van der Waals surface area (Å²) in [6, 6.07) is 0. The molecular formula is C17H26N4O2. The van der Waals surface area contributed by atoms with Gasteiger partial charge in [-0.15, -0.1) is 0 Å². The summed E-state index contributed by atoms with van der Waals surface area (Å²) in [4.78, 5) is 25.5. The maximum atomic E-state index is 12.4. The summed E-state index contributed by atoms with van der Waals surface area (Å²) in [5, 5.41) is 0. The van der Waals surface area contributed by atoms with Gasteiger partial charge in [-0.3, -0.25) is 4.79 Å². The molecule has 2 aliphatic rings. The number of ether oxygens (including phenoxy) is 1. The van der Waals surface area contributed by atoms with Crippen molar-refractivity contribution in [2.45, 2.75) is 38.7 Å². The van der Waals surface area contributed by atoms with Gasteiger partial charge in [-0.25, -0.2) is 9.97 Å². The molecule has 1 spiro atoms. The van der Waals surface area contributed by atoms with Gasteiger partial charge in [-0.2, -0.15) is 0 Å². The van der Waals surface area contributed by atoms with Crippen LogP contribution in [-0.2, 0) is 21.6 Å². The average molecular weight is 318 g/mol. The first-order valence-corrected chi connectivity index (χ1v) is 8.30. The molecule has 1 atom stereocenters. The summed E-state index contributed by atoms with van der Waals surface area (Å²) in [7, 11) is 3.89. The second kappa shape index (κ2) is 6.07. The van der Waals surface area contributed by atoms with Crippen molar-refractivity contribution in [1.29, 1.82) is 0 Å². The van der Waals surface area contributed by atoms with Crippen molar-refractivity contribution >= 4 is 11.9 Å². The summed E-state index contributed by atoms with van der Waals surface area (Å²) < 4.78 is 5.81. The topological polar surface area (TPSA) is 58.6 Å². The second-order valence-electron chi connectivity index (χ2n) is 7.37. The predicted molar refractivity (Wildman–Crippen MR) is 88.3 cm³/mol. The molecule has 0 N–H and O–H groups in total. The first-order chi connectivity index (χ1) is 10.9. The van der Waals surface area contributed by atoms with Gasteiger partial charge in [-0.05, 0) is 12.3 Å². The molecule has 6 heteroatoms. The van der Waals surface area contributed by atoms with Crippen LogP contribution in [0.1, 0.15) is 37.9 Å². The van der Waals surface area contributed by atoms with Crippen molar-refractivity contribution in [2.75, 3.05) is 38.7 Å². The van der Waals surface area contributed by atoms with E-state index in [4.69, 9.17) is 9.72 Å². The molecule has 1 aromatic rings. The van der Waals surface area contributed by atoms with Gasteiger partial charge in [0.2, 0.25) is 11.9 Å². The third-order valence-electron chi connectivity index (χ3n) is 4.68. The van der Waals surface area contributed by atoms with Crippen LogP contribution in [0.25, 0.3) is 0 Å². The Morgan fingerprint density at radius 1 is 1.48 bits per heavy atom. The highest BCUT2D eigenvalue weighted by Crippen LogP contribution is 2.39. The first-order valence-electron chi connectivity index (χ1n) is 8.30. The Bertz CT molecular complexity index is 602. The molecule has 23 heavy (non-hydrogen) atoms. The molecule has 0 aromatic carbocycles. The third-order valence-corrected chi connectivity index (χ3v) is 4.68. The highest BCUT2D eigenvalue weighted by atomic mass is 16.5. The average Bonchev–Trinajstić information content (AvgIpc) is 2.92. The summed E-state index contributed by atoms with van der Waals surface area (Å²) >= 11 is 0. The standard InChI is InChI=1S/C17H26N4O2/c1-12(2)7-14(22)21-6-5-17(10-21)11-23-9-13-8-18-16(20(3)4)19-15(13)17/h8,12H,5-7,9-11H2,1-4H3. The van der Waals surface area contributed by atoms with E-state index < -0.39 is 0 Å². The van der Waals surface area contributed by atoms with Crippen molar-refractivity contribution in [3.63, 3.8) is 0 Å². The van der Waals surface area contributed by atoms with Gasteiger partial charge in [-0.1, -0.05) is 13.8 Å². The Balaban J connectivity index is 1.87. The fourth-order valence-electron chi connectivity index (χ4n) is 3.48. The lowest BCUT2D eigenvalue weighted by Crippen LogP contribution is -2.42. The molecule has 2 aliphatic heterocycles. The van der Waals surface area contributed by atoms with E-state index in [2.05, 4.69) is 18.8 Å². The van der Waals surface area contributed by atoms with Crippen molar-refractivity contribution < 1.29 is 9.53 Å². The summed E-state index contributed by atoms with van der Waals surface area (Å²) in [6.07, 6.45) is 3.39. The predicted octanol–water partition coefficient (Wildman–Crippen LogP) is 1.59. The van der Waals surface area contributed by atoms with E-state index >= 15 is 0 Å². The largest absolute Gasteiger partial charge is 0.376 e. The van der Waals surface area contributed by atoms with Crippen molar-refractivity contribution in [2.24, 2.45) is 5.92 Å². The zero-order valence-corrected chi connectivity index (χ0v) is 14.5. The number of likely N-dealkylation sites (tertiary alicyclic amines) is 1. The monoisotopic (exact) mass is 318 g/mol. The van der Waals surface area contributed by atoms with Crippen molar-refractivity contribution in [3.8, 4) is 0 Å². The summed E-state index contributed by atoms with van der Waals surface area (Å²) in [5.74, 6) is 1.35. The number of hydrogen-bond acceptors (Lipinski definition) is 5. The van der Waals surface area contributed by atoms with E-state index in [0.717, 1.165) is 30.2 Å². The van der Waals surface area contributed by atoms with Gasteiger partial charge in [0.1, 0.15) is 0 Å². The Kier molecular flexibility index (Phi) is 4.27. The Morgan fingerprint density at radius 2 is 2.26 bits per heavy atom. The molecule has 126 valence electrons. The Hall–Kier alpha value is -1.69. The molecule has 3 rings (SSSR count). The van der Waals surface area contributed by atoms with Crippen LogP contribution in [0.5, 0.6) is 0 Å². The molecule has 1 amide bonds. The lowest BCUT2D eigenvalue weighted by atomic mass is 9.80. The molecule has 1 aromatic heterocycles. The van der Waals surface area contributed by atoms with Crippen LogP contribution in [0.4, 0.5) is 5.95 Å². The van der Waals surface area contributed by atoms with Gasteiger partial charge in [0, 0.05) is 45.4 Å². The fraction of sp³-hybridized carbons (Fsp3) is 0.706. The summed E-state index contributed by atoms with van der Waals surface area (Å²) in [6.45, 7) is 6.85. The molecule has 3 heterocycles. The summed E-state index contributed by atoms with van der Waals surface area (Å²) in [5.41, 5.74) is 1.95. The molecular weight excluding hydrogens is 292 g/mol. The highest BCUT2D eigenvalue weighted by Gasteiger charge is 2.46. The molecule has 0 aliphatic carbocycles. The van der Waals surface area contributed by atoms with Gasteiger partial charge in [0.25, 0.3) is 0 Å². The van der Waals surface area contributed by atoms with Gasteiger partial charge in [0.15, 0.2) is 0 Å². The first kappa shape index (κ1) is 16.2. The molecule has 0 bridgehead atoms. The number of hydrogen-bond donors (Lipinski definition) is 0. The second-order valence-corrected chi connectivity index (χ2v) is 7.37. The van der Waals surface area contributed by atoms with Gasteiger partial charge < -0.3 is 14.5 Å². The zero-order valence-electron chi connectivity index (χ0n) is 14.5. The number of nitrogens with zero attached hydrogens (tertiary/aromatic N) is 4. The van der Waals surface area contributed by atoms with Gasteiger partial charge >= 0.3 is 0 Å². The molecule has 1 saturated heterocycles. The van der Waals surface area contributed by atoms with Crippen molar-refractivity contribution in [1.82, 2.24) is 14.9 Å². The van der Waals surface area contributed by atoms with E-state index in [0.29, 0.717) is 32.1 Å². The number of rotatable bonds is 3. The Labute approximate surface area is 137 Å². The normalized spacial score (nSPS) is 23.4. The van der Waals surface area contributed by atoms with Gasteiger partial charge in [0.05, 0.1) is 24.3 Å².